The number of amides is 1. The zero-order chi connectivity index (χ0) is 21.7. The van der Waals surface area contributed by atoms with Gasteiger partial charge in [0.25, 0.3) is 0 Å². The van der Waals surface area contributed by atoms with Gasteiger partial charge in [-0.1, -0.05) is 43.7 Å². The van der Waals surface area contributed by atoms with E-state index in [1.165, 1.54) is 5.56 Å². The number of rotatable bonds is 12. The Morgan fingerprint density at radius 2 is 1.39 bits per heavy atom. The first kappa shape index (κ1) is 22.2. The maximum Gasteiger partial charge on any atom is 0.243 e. The molecule has 3 aromatic rings. The first-order valence-corrected chi connectivity index (χ1v) is 10.8. The van der Waals surface area contributed by atoms with Crippen LogP contribution in [-0.4, -0.2) is 25.7 Å². The monoisotopic (exact) mass is 418 g/mol. The van der Waals surface area contributed by atoms with Crippen molar-refractivity contribution in [2.45, 2.75) is 26.2 Å². The zero-order valence-corrected chi connectivity index (χ0v) is 18.0. The van der Waals surface area contributed by atoms with Gasteiger partial charge in [0.15, 0.2) is 0 Å². The molecule has 0 aliphatic heterocycles. The quantitative estimate of drug-likeness (QED) is 0.379. The highest BCUT2D eigenvalue weighted by atomic mass is 16.5. The third kappa shape index (κ3) is 8.05. The molecule has 0 aromatic heterocycles. The van der Waals surface area contributed by atoms with Crippen LogP contribution in [0.4, 0.5) is 11.4 Å². The average molecular weight is 419 g/mol. The third-order valence-electron chi connectivity index (χ3n) is 4.71. The molecule has 0 saturated carbocycles. The van der Waals surface area contributed by atoms with Gasteiger partial charge in [0.05, 0.1) is 19.8 Å². The Balaban J connectivity index is 1.37. The van der Waals surface area contributed by atoms with Gasteiger partial charge in [-0.15, -0.1) is 0 Å². The summed E-state index contributed by atoms with van der Waals surface area (Å²) in [5.41, 5.74) is 2.87. The second-order valence-corrected chi connectivity index (χ2v) is 7.24. The van der Waals surface area contributed by atoms with Crippen LogP contribution in [0.5, 0.6) is 11.5 Å². The summed E-state index contributed by atoms with van der Waals surface area (Å²) in [4.78, 5) is 12.2. The molecule has 0 radical (unpaired) electrons. The Morgan fingerprint density at radius 1 is 0.774 bits per heavy atom. The number of benzene rings is 3. The van der Waals surface area contributed by atoms with Crippen LogP contribution in [0.1, 0.15) is 25.3 Å². The summed E-state index contributed by atoms with van der Waals surface area (Å²) in [7, 11) is 0. The van der Waals surface area contributed by atoms with E-state index in [2.05, 4.69) is 29.7 Å². The van der Waals surface area contributed by atoms with Gasteiger partial charge >= 0.3 is 0 Å². The van der Waals surface area contributed by atoms with Gasteiger partial charge < -0.3 is 20.1 Å². The van der Waals surface area contributed by atoms with Crippen LogP contribution in [0, 0.1) is 0 Å². The van der Waals surface area contributed by atoms with E-state index in [1.807, 2.05) is 66.7 Å². The van der Waals surface area contributed by atoms with Gasteiger partial charge in [0.2, 0.25) is 5.91 Å². The van der Waals surface area contributed by atoms with Crippen molar-refractivity contribution in [3.05, 3.63) is 84.4 Å². The van der Waals surface area contributed by atoms with E-state index in [9.17, 15) is 4.79 Å². The smallest absolute Gasteiger partial charge is 0.243 e. The number of hydrogen-bond donors (Lipinski definition) is 2. The van der Waals surface area contributed by atoms with Crippen molar-refractivity contribution in [2.75, 3.05) is 30.4 Å². The number of nitrogens with one attached hydrogen (secondary N) is 2. The second-order valence-electron chi connectivity index (χ2n) is 7.24. The lowest BCUT2D eigenvalue weighted by Crippen LogP contribution is -2.21. The summed E-state index contributed by atoms with van der Waals surface area (Å²) in [6.45, 7) is 3.65. The molecule has 3 rings (SSSR count). The molecule has 0 unspecified atom stereocenters. The predicted octanol–water partition coefficient (Wildman–Crippen LogP) is 5.54. The molecule has 0 aliphatic carbocycles. The molecule has 0 fully saturated rings. The molecular formula is C26H30N2O3. The van der Waals surface area contributed by atoms with Crippen LogP contribution >= 0.6 is 0 Å². The molecular weight excluding hydrogens is 388 g/mol. The Kier molecular flexibility index (Phi) is 8.80. The van der Waals surface area contributed by atoms with E-state index in [4.69, 9.17) is 9.47 Å². The Hall–Kier alpha value is -3.47. The van der Waals surface area contributed by atoms with E-state index in [0.29, 0.717) is 13.2 Å². The third-order valence-corrected chi connectivity index (χ3v) is 4.71. The molecule has 5 nitrogen and oxygen atoms in total. The number of unbranched alkanes of at least 4 members (excludes halogenated alkanes) is 1. The van der Waals surface area contributed by atoms with Crippen molar-refractivity contribution >= 4 is 17.3 Å². The molecule has 5 heteroatoms. The fourth-order valence-electron chi connectivity index (χ4n) is 2.96. The predicted molar refractivity (Wildman–Crippen MR) is 126 cm³/mol. The van der Waals surface area contributed by atoms with E-state index >= 15 is 0 Å². The van der Waals surface area contributed by atoms with Gasteiger partial charge in [0.1, 0.15) is 11.5 Å². The Morgan fingerprint density at radius 3 is 2.03 bits per heavy atom. The molecule has 162 valence electrons. The number of ether oxygens (including phenoxy) is 2. The molecule has 0 atom stereocenters. The van der Waals surface area contributed by atoms with Gasteiger partial charge in [-0.2, -0.15) is 0 Å². The Bertz CT molecular complexity index is 910. The maximum atomic E-state index is 12.2. The standard InChI is InChI=1S/C26H30N2O3/c1-2-3-18-30-24-15-11-23(12-16-24)28-26(29)20-27-22-9-13-25(14-10-22)31-19-17-21-7-5-4-6-8-21/h4-16,27H,2-3,17-20H2,1H3,(H,28,29). The molecule has 0 bridgehead atoms. The number of carbonyl (C=O) groups excluding carboxylic acids is 1. The first-order valence-electron chi connectivity index (χ1n) is 10.8. The number of anilines is 2. The van der Waals surface area contributed by atoms with E-state index in [1.54, 1.807) is 0 Å². The first-order chi connectivity index (χ1) is 15.2. The fraction of sp³-hybridized carbons (Fsp3) is 0.269. The van der Waals surface area contributed by atoms with Crippen LogP contribution in [-0.2, 0) is 11.2 Å². The second kappa shape index (κ2) is 12.3. The largest absolute Gasteiger partial charge is 0.494 e. The van der Waals surface area contributed by atoms with Crippen molar-refractivity contribution in [2.24, 2.45) is 0 Å². The van der Waals surface area contributed by atoms with Crippen LogP contribution in [0.15, 0.2) is 78.9 Å². The lowest BCUT2D eigenvalue weighted by molar-refractivity contribution is -0.114. The van der Waals surface area contributed by atoms with Crippen LogP contribution in [0.3, 0.4) is 0 Å². The van der Waals surface area contributed by atoms with Crippen molar-refractivity contribution in [3.63, 3.8) is 0 Å². The zero-order valence-electron chi connectivity index (χ0n) is 18.0. The SMILES string of the molecule is CCCCOc1ccc(NC(=O)CNc2ccc(OCCc3ccccc3)cc2)cc1. The molecule has 3 aromatic carbocycles. The van der Waals surface area contributed by atoms with Gasteiger partial charge in [-0.25, -0.2) is 0 Å². The summed E-state index contributed by atoms with van der Waals surface area (Å²) in [5.74, 6) is 1.52. The van der Waals surface area contributed by atoms with E-state index in [-0.39, 0.29) is 12.5 Å². The molecule has 31 heavy (non-hydrogen) atoms. The van der Waals surface area contributed by atoms with Gasteiger partial charge in [0, 0.05) is 17.8 Å². The highest BCUT2D eigenvalue weighted by molar-refractivity contribution is 5.93. The van der Waals surface area contributed by atoms with Crippen LogP contribution in [0.25, 0.3) is 0 Å². The lowest BCUT2D eigenvalue weighted by atomic mass is 10.2. The maximum absolute atomic E-state index is 12.2. The van der Waals surface area contributed by atoms with Gasteiger partial charge in [-0.3, -0.25) is 4.79 Å². The molecule has 2 N–H and O–H groups in total. The number of hydrogen-bond acceptors (Lipinski definition) is 4. The Labute approximate surface area is 184 Å². The van der Waals surface area contributed by atoms with Gasteiger partial charge in [-0.05, 0) is 60.5 Å². The topological polar surface area (TPSA) is 59.6 Å². The van der Waals surface area contributed by atoms with Crippen molar-refractivity contribution in [1.82, 2.24) is 0 Å². The molecule has 0 aliphatic rings. The summed E-state index contributed by atoms with van der Waals surface area (Å²) in [6, 6.07) is 25.3. The highest BCUT2D eigenvalue weighted by Crippen LogP contribution is 2.17. The minimum absolute atomic E-state index is 0.108. The molecule has 0 spiro atoms. The molecule has 0 saturated heterocycles. The average Bonchev–Trinajstić information content (AvgIpc) is 2.81. The van der Waals surface area contributed by atoms with Crippen LogP contribution in [0.2, 0.25) is 0 Å². The van der Waals surface area contributed by atoms with E-state index in [0.717, 1.165) is 42.1 Å². The molecule has 1 amide bonds. The molecule has 0 heterocycles. The fourth-order valence-corrected chi connectivity index (χ4v) is 2.96. The number of carbonyl (C=O) groups is 1. The van der Waals surface area contributed by atoms with E-state index < -0.39 is 0 Å². The lowest BCUT2D eigenvalue weighted by Gasteiger charge is -2.10. The minimum atomic E-state index is -0.108. The summed E-state index contributed by atoms with van der Waals surface area (Å²) >= 11 is 0. The summed E-state index contributed by atoms with van der Waals surface area (Å²) < 4.78 is 11.4. The van der Waals surface area contributed by atoms with Crippen LogP contribution < -0.4 is 20.1 Å². The normalized spacial score (nSPS) is 10.4. The van der Waals surface area contributed by atoms with Crippen molar-refractivity contribution in [1.29, 1.82) is 0 Å². The summed E-state index contributed by atoms with van der Waals surface area (Å²) in [5, 5.41) is 6.01. The van der Waals surface area contributed by atoms with Crippen molar-refractivity contribution in [3.8, 4) is 11.5 Å². The summed E-state index contributed by atoms with van der Waals surface area (Å²) in [6.07, 6.45) is 3.00. The van der Waals surface area contributed by atoms with Crippen molar-refractivity contribution < 1.29 is 14.3 Å². The highest BCUT2D eigenvalue weighted by Gasteiger charge is 2.04. The minimum Gasteiger partial charge on any atom is -0.494 e.